The molecule has 33 heavy (non-hydrogen) atoms. The summed E-state index contributed by atoms with van der Waals surface area (Å²) in [5.74, 6) is -0.918. The van der Waals surface area contributed by atoms with Gasteiger partial charge in [0.15, 0.2) is 0 Å². The van der Waals surface area contributed by atoms with Crippen molar-refractivity contribution in [1.29, 1.82) is 5.26 Å². The number of hydrogen-bond acceptors (Lipinski definition) is 5. The molecule has 0 amide bonds. The fourth-order valence-corrected chi connectivity index (χ4v) is 8.66. The van der Waals surface area contributed by atoms with E-state index in [1.165, 1.54) is 0 Å². The molecule has 3 aromatic carbocycles. The molecule has 0 aliphatic carbocycles. The summed E-state index contributed by atoms with van der Waals surface area (Å²) in [6.07, 6.45) is 0. The summed E-state index contributed by atoms with van der Waals surface area (Å²) in [7, 11) is -2.74. The van der Waals surface area contributed by atoms with Crippen molar-refractivity contribution in [3.05, 3.63) is 94.3 Å². The van der Waals surface area contributed by atoms with Crippen molar-refractivity contribution < 1.29 is 13.7 Å². The third-order valence-electron chi connectivity index (χ3n) is 5.56. The van der Waals surface area contributed by atoms with Crippen LogP contribution in [0.2, 0.25) is 5.04 Å². The van der Waals surface area contributed by atoms with Crippen LogP contribution >= 0.6 is 0 Å². The first-order chi connectivity index (χ1) is 15.7. The Morgan fingerprint density at radius 2 is 1.61 bits per heavy atom. The van der Waals surface area contributed by atoms with Crippen molar-refractivity contribution in [3.63, 3.8) is 0 Å². The average molecular weight is 464 g/mol. The fourth-order valence-electron chi connectivity index (χ4n) is 4.09. The zero-order chi connectivity index (χ0) is 24.1. The van der Waals surface area contributed by atoms with Gasteiger partial charge in [0.2, 0.25) is 0 Å². The van der Waals surface area contributed by atoms with Gasteiger partial charge in [0, 0.05) is 6.54 Å². The highest BCUT2D eigenvalue weighted by Gasteiger charge is 2.49. The Morgan fingerprint density at radius 3 is 2.06 bits per heavy atom. The zero-order valence-corrected chi connectivity index (χ0v) is 19.8. The standard InChI is InChI=1S/C25H26FN3O3Si/c1-25(2,3)33(20-10-6-4-7-11-20,21-12-8-5-9-13-21)32-15-14-28-23-16-19(18-27)22(26)17-24(23)29(30)31/h4-13,16-17,28H,14-15H2,1-3H3. The normalized spacial score (nSPS) is 11.6. The summed E-state index contributed by atoms with van der Waals surface area (Å²) in [5.41, 5.74) is -0.586. The molecule has 170 valence electrons. The van der Waals surface area contributed by atoms with Gasteiger partial charge >= 0.3 is 0 Å². The minimum atomic E-state index is -2.74. The predicted molar refractivity (Wildman–Crippen MR) is 130 cm³/mol. The molecule has 0 bridgehead atoms. The topological polar surface area (TPSA) is 88.2 Å². The Morgan fingerprint density at radius 1 is 1.06 bits per heavy atom. The van der Waals surface area contributed by atoms with E-state index in [-0.39, 0.29) is 29.4 Å². The second kappa shape index (κ2) is 9.94. The van der Waals surface area contributed by atoms with Crippen LogP contribution in [0.4, 0.5) is 15.8 Å². The minimum Gasteiger partial charge on any atom is -0.406 e. The lowest BCUT2D eigenvalue weighted by Gasteiger charge is -2.43. The molecule has 0 aliphatic rings. The van der Waals surface area contributed by atoms with Gasteiger partial charge in [-0.25, -0.2) is 4.39 Å². The highest BCUT2D eigenvalue weighted by Crippen LogP contribution is 2.36. The van der Waals surface area contributed by atoms with Crippen LogP contribution in [0, 0.1) is 27.3 Å². The van der Waals surface area contributed by atoms with Crippen LogP contribution in [-0.2, 0) is 4.43 Å². The van der Waals surface area contributed by atoms with Crippen LogP contribution in [0.1, 0.15) is 26.3 Å². The van der Waals surface area contributed by atoms with E-state index in [0.29, 0.717) is 0 Å². The number of benzene rings is 3. The van der Waals surface area contributed by atoms with E-state index in [0.717, 1.165) is 22.5 Å². The predicted octanol–water partition coefficient (Wildman–Crippen LogP) is 4.59. The number of anilines is 1. The van der Waals surface area contributed by atoms with Crippen molar-refractivity contribution in [2.45, 2.75) is 25.8 Å². The van der Waals surface area contributed by atoms with Gasteiger partial charge in [-0.3, -0.25) is 10.1 Å². The van der Waals surface area contributed by atoms with Crippen molar-refractivity contribution in [1.82, 2.24) is 0 Å². The molecular weight excluding hydrogens is 437 g/mol. The van der Waals surface area contributed by atoms with Crippen molar-refractivity contribution in [2.24, 2.45) is 0 Å². The molecule has 0 spiro atoms. The molecule has 0 unspecified atom stereocenters. The summed E-state index contributed by atoms with van der Waals surface area (Å²) in [4.78, 5) is 10.7. The lowest BCUT2D eigenvalue weighted by atomic mass is 10.1. The molecule has 8 heteroatoms. The summed E-state index contributed by atoms with van der Waals surface area (Å²) >= 11 is 0. The maximum absolute atomic E-state index is 13.9. The Balaban J connectivity index is 1.91. The molecule has 0 saturated carbocycles. The highest BCUT2D eigenvalue weighted by atomic mass is 28.4. The number of halogens is 1. The molecule has 0 atom stereocenters. The van der Waals surface area contributed by atoms with Gasteiger partial charge in [-0.15, -0.1) is 0 Å². The van der Waals surface area contributed by atoms with Crippen LogP contribution in [0.5, 0.6) is 0 Å². The van der Waals surface area contributed by atoms with Gasteiger partial charge in [0.05, 0.1) is 23.2 Å². The van der Waals surface area contributed by atoms with E-state index < -0.39 is 24.7 Å². The molecule has 1 N–H and O–H groups in total. The smallest absolute Gasteiger partial charge is 0.295 e. The number of nitrogens with one attached hydrogen (secondary N) is 1. The van der Waals surface area contributed by atoms with Crippen molar-refractivity contribution >= 4 is 30.1 Å². The van der Waals surface area contributed by atoms with E-state index in [2.05, 4.69) is 50.4 Å². The maximum Gasteiger partial charge on any atom is 0.295 e. The summed E-state index contributed by atoms with van der Waals surface area (Å²) in [5, 5.41) is 25.5. The van der Waals surface area contributed by atoms with Gasteiger partial charge in [0.25, 0.3) is 14.0 Å². The second-order valence-electron chi connectivity index (χ2n) is 8.66. The van der Waals surface area contributed by atoms with Crippen molar-refractivity contribution in [3.8, 4) is 6.07 Å². The number of rotatable bonds is 8. The number of nitro benzene ring substituents is 1. The van der Waals surface area contributed by atoms with Crippen LogP contribution < -0.4 is 15.7 Å². The lowest BCUT2D eigenvalue weighted by Crippen LogP contribution is -2.66. The largest absolute Gasteiger partial charge is 0.406 e. The first-order valence-corrected chi connectivity index (χ1v) is 12.5. The van der Waals surface area contributed by atoms with Gasteiger partial charge in [-0.05, 0) is 21.5 Å². The molecule has 3 aromatic rings. The first-order valence-electron chi connectivity index (χ1n) is 10.6. The molecule has 0 heterocycles. The highest BCUT2D eigenvalue weighted by molar-refractivity contribution is 6.99. The van der Waals surface area contributed by atoms with E-state index in [1.54, 1.807) is 6.07 Å². The SMILES string of the molecule is CC(C)(C)[Si](OCCNc1cc(C#N)c(F)cc1[N+](=O)[O-])(c1ccccc1)c1ccccc1. The van der Waals surface area contributed by atoms with Gasteiger partial charge in [-0.1, -0.05) is 81.4 Å². The van der Waals surface area contributed by atoms with Crippen LogP contribution in [-0.4, -0.2) is 26.4 Å². The van der Waals surface area contributed by atoms with E-state index in [9.17, 15) is 14.5 Å². The van der Waals surface area contributed by atoms with Gasteiger partial charge < -0.3 is 9.74 Å². The number of nitro groups is 1. The van der Waals surface area contributed by atoms with Crippen LogP contribution in [0.3, 0.4) is 0 Å². The summed E-state index contributed by atoms with van der Waals surface area (Å²) < 4.78 is 20.6. The van der Waals surface area contributed by atoms with E-state index in [1.807, 2.05) is 36.4 Å². The fraction of sp³-hybridized carbons (Fsp3) is 0.240. The van der Waals surface area contributed by atoms with Gasteiger partial charge in [0.1, 0.15) is 17.6 Å². The Bertz CT molecular complexity index is 1120. The molecule has 3 rings (SSSR count). The van der Waals surface area contributed by atoms with Crippen molar-refractivity contribution in [2.75, 3.05) is 18.5 Å². The third kappa shape index (κ3) is 4.95. The molecule has 6 nitrogen and oxygen atoms in total. The van der Waals surface area contributed by atoms with Crippen LogP contribution in [0.15, 0.2) is 72.8 Å². The Kier molecular flexibility index (Phi) is 7.26. The summed E-state index contributed by atoms with van der Waals surface area (Å²) in [6.45, 7) is 7.01. The molecule has 0 aromatic heterocycles. The quantitative estimate of drug-likeness (QED) is 0.228. The molecule has 0 saturated heterocycles. The third-order valence-corrected chi connectivity index (χ3v) is 10.6. The molecule has 0 aliphatic heterocycles. The lowest BCUT2D eigenvalue weighted by molar-refractivity contribution is -0.384. The Labute approximate surface area is 193 Å². The number of nitrogens with zero attached hydrogens (tertiary/aromatic N) is 2. The molecular formula is C25H26FN3O3Si. The minimum absolute atomic E-state index is 0.0870. The second-order valence-corrected chi connectivity index (χ2v) is 13.0. The molecule has 0 fully saturated rings. The monoisotopic (exact) mass is 463 g/mol. The molecule has 0 radical (unpaired) electrons. The van der Waals surface area contributed by atoms with E-state index in [4.69, 9.17) is 9.69 Å². The van der Waals surface area contributed by atoms with Crippen LogP contribution in [0.25, 0.3) is 0 Å². The number of nitriles is 1. The maximum atomic E-state index is 13.9. The van der Waals surface area contributed by atoms with E-state index >= 15 is 0 Å². The Hall–Kier alpha value is -3.54. The average Bonchev–Trinajstić information content (AvgIpc) is 2.80. The first kappa shape index (κ1) is 24.1. The van der Waals surface area contributed by atoms with Gasteiger partial charge in [-0.2, -0.15) is 5.26 Å². The zero-order valence-electron chi connectivity index (χ0n) is 18.8. The summed E-state index contributed by atoms with van der Waals surface area (Å²) in [6, 6.07) is 23.9. The number of hydrogen-bond donors (Lipinski definition) is 1.